The van der Waals surface area contributed by atoms with Crippen molar-refractivity contribution >= 4 is 11.0 Å². The van der Waals surface area contributed by atoms with Gasteiger partial charge in [-0.15, -0.1) is 10.2 Å². The first-order chi connectivity index (χ1) is 8.86. The van der Waals surface area contributed by atoms with Gasteiger partial charge in [0.2, 0.25) is 5.89 Å². The Morgan fingerprint density at radius 3 is 2.89 bits per heavy atom. The zero-order valence-electron chi connectivity index (χ0n) is 10.0. The number of benzene rings is 1. The van der Waals surface area contributed by atoms with Crippen LogP contribution in [0, 0.1) is 0 Å². The van der Waals surface area contributed by atoms with Crippen LogP contribution in [0.1, 0.15) is 5.89 Å². The Hall–Kier alpha value is -2.14. The number of para-hydroxylation sites is 1. The molecule has 5 nitrogen and oxygen atoms in total. The third-order valence-electron chi connectivity index (χ3n) is 2.69. The van der Waals surface area contributed by atoms with E-state index in [-0.39, 0.29) is 0 Å². The quantitative estimate of drug-likeness (QED) is 0.761. The van der Waals surface area contributed by atoms with Gasteiger partial charge in [-0.3, -0.25) is 0 Å². The van der Waals surface area contributed by atoms with Crippen molar-refractivity contribution in [3.05, 3.63) is 36.2 Å². The predicted octanol–water partition coefficient (Wildman–Crippen LogP) is 2.24. The van der Waals surface area contributed by atoms with Crippen LogP contribution in [-0.2, 0) is 6.42 Å². The summed E-state index contributed by atoms with van der Waals surface area (Å²) in [5.41, 5.74) is 0.822. The minimum Gasteiger partial charge on any atom is -0.451 e. The number of likely N-dealkylation sites (N-methyl/N-ethyl adjacent to an activating group) is 1. The highest BCUT2D eigenvalue weighted by molar-refractivity contribution is 5.81. The van der Waals surface area contributed by atoms with Crippen molar-refractivity contribution in [1.82, 2.24) is 15.5 Å². The molecular weight excluding hydrogens is 230 g/mol. The average molecular weight is 243 g/mol. The fraction of sp³-hybridized carbons (Fsp3) is 0.231. The second-order valence-corrected chi connectivity index (χ2v) is 4.00. The molecule has 0 aliphatic heterocycles. The maximum absolute atomic E-state index is 5.66. The van der Waals surface area contributed by atoms with E-state index >= 15 is 0 Å². The number of furan rings is 1. The summed E-state index contributed by atoms with van der Waals surface area (Å²) in [6.07, 6.45) is 0.712. The van der Waals surface area contributed by atoms with E-state index in [0.717, 1.165) is 17.5 Å². The number of nitrogens with one attached hydrogen (secondary N) is 1. The lowest BCUT2D eigenvalue weighted by molar-refractivity contribution is 0.483. The van der Waals surface area contributed by atoms with E-state index in [4.69, 9.17) is 8.83 Å². The van der Waals surface area contributed by atoms with Gasteiger partial charge >= 0.3 is 0 Å². The SMILES string of the molecule is CNCCc1nnc(-c2cc3ccccc3o2)o1. The van der Waals surface area contributed by atoms with Crippen molar-refractivity contribution in [3.63, 3.8) is 0 Å². The number of aromatic nitrogens is 2. The molecule has 0 radical (unpaired) electrons. The van der Waals surface area contributed by atoms with Crippen LogP contribution in [0.15, 0.2) is 39.2 Å². The van der Waals surface area contributed by atoms with Gasteiger partial charge in [0.05, 0.1) is 0 Å². The predicted molar refractivity (Wildman–Crippen MR) is 67.1 cm³/mol. The van der Waals surface area contributed by atoms with Crippen molar-refractivity contribution < 1.29 is 8.83 Å². The van der Waals surface area contributed by atoms with Crippen molar-refractivity contribution in [2.45, 2.75) is 6.42 Å². The molecule has 5 heteroatoms. The third kappa shape index (κ3) is 2.00. The van der Waals surface area contributed by atoms with Crippen molar-refractivity contribution in [2.24, 2.45) is 0 Å². The largest absolute Gasteiger partial charge is 0.451 e. The first-order valence-corrected chi connectivity index (χ1v) is 5.83. The summed E-state index contributed by atoms with van der Waals surface area (Å²) in [4.78, 5) is 0. The van der Waals surface area contributed by atoms with Crippen LogP contribution in [0.2, 0.25) is 0 Å². The van der Waals surface area contributed by atoms with Crippen LogP contribution in [-0.4, -0.2) is 23.8 Å². The summed E-state index contributed by atoms with van der Waals surface area (Å²) in [6, 6.07) is 9.71. The van der Waals surface area contributed by atoms with E-state index < -0.39 is 0 Å². The number of fused-ring (bicyclic) bond motifs is 1. The van der Waals surface area contributed by atoms with Gasteiger partial charge in [-0.2, -0.15) is 0 Å². The topological polar surface area (TPSA) is 64.1 Å². The van der Waals surface area contributed by atoms with Gasteiger partial charge in [-0.1, -0.05) is 18.2 Å². The molecule has 0 amide bonds. The van der Waals surface area contributed by atoms with Crippen LogP contribution >= 0.6 is 0 Å². The van der Waals surface area contributed by atoms with Gasteiger partial charge in [-0.25, -0.2) is 0 Å². The van der Waals surface area contributed by atoms with Crippen LogP contribution in [0.4, 0.5) is 0 Å². The van der Waals surface area contributed by atoms with E-state index in [1.807, 2.05) is 37.4 Å². The zero-order valence-corrected chi connectivity index (χ0v) is 10.0. The molecule has 3 aromatic rings. The lowest BCUT2D eigenvalue weighted by Crippen LogP contribution is -2.10. The van der Waals surface area contributed by atoms with Gasteiger partial charge < -0.3 is 14.2 Å². The lowest BCUT2D eigenvalue weighted by atomic mass is 10.2. The van der Waals surface area contributed by atoms with Gasteiger partial charge in [0.1, 0.15) is 5.58 Å². The number of nitrogens with zero attached hydrogens (tertiary/aromatic N) is 2. The number of rotatable bonds is 4. The Bertz CT molecular complexity index is 624. The molecule has 0 bridgehead atoms. The molecule has 0 unspecified atom stereocenters. The molecule has 0 saturated heterocycles. The monoisotopic (exact) mass is 243 g/mol. The average Bonchev–Trinajstić information content (AvgIpc) is 3.02. The van der Waals surface area contributed by atoms with E-state index in [0.29, 0.717) is 24.0 Å². The molecule has 0 spiro atoms. The molecule has 1 N–H and O–H groups in total. The summed E-state index contributed by atoms with van der Waals surface area (Å²) in [5, 5.41) is 12.0. The standard InChI is InChI=1S/C13H13N3O2/c1-14-7-6-12-15-16-13(18-12)11-8-9-4-2-3-5-10(9)17-11/h2-5,8,14H,6-7H2,1H3. The highest BCUT2D eigenvalue weighted by atomic mass is 16.4. The third-order valence-corrected chi connectivity index (χ3v) is 2.69. The Morgan fingerprint density at radius 1 is 1.17 bits per heavy atom. The van der Waals surface area contributed by atoms with Crippen molar-refractivity contribution in [2.75, 3.05) is 13.6 Å². The molecule has 0 aliphatic rings. The Balaban J connectivity index is 1.91. The van der Waals surface area contributed by atoms with E-state index in [2.05, 4.69) is 15.5 Å². The summed E-state index contributed by atoms with van der Waals surface area (Å²) >= 11 is 0. The second kappa shape index (κ2) is 4.62. The van der Waals surface area contributed by atoms with E-state index in [1.54, 1.807) is 0 Å². The summed E-state index contributed by atoms with van der Waals surface area (Å²) < 4.78 is 11.2. The van der Waals surface area contributed by atoms with Gasteiger partial charge in [0.25, 0.3) is 5.89 Å². The minimum atomic E-state index is 0.428. The maximum atomic E-state index is 5.66. The molecular formula is C13H13N3O2. The van der Waals surface area contributed by atoms with Crippen LogP contribution in [0.3, 0.4) is 0 Å². The molecule has 0 saturated carbocycles. The van der Waals surface area contributed by atoms with Gasteiger partial charge in [0, 0.05) is 18.4 Å². The van der Waals surface area contributed by atoms with Crippen molar-refractivity contribution in [1.29, 1.82) is 0 Å². The normalized spacial score (nSPS) is 11.2. The zero-order chi connectivity index (χ0) is 12.4. The van der Waals surface area contributed by atoms with Crippen LogP contribution in [0.25, 0.3) is 22.6 Å². The smallest absolute Gasteiger partial charge is 0.283 e. The van der Waals surface area contributed by atoms with Crippen molar-refractivity contribution in [3.8, 4) is 11.7 Å². The Labute approximate surface area is 104 Å². The molecule has 92 valence electrons. The molecule has 2 heterocycles. The van der Waals surface area contributed by atoms with Crippen LogP contribution < -0.4 is 5.32 Å². The summed E-state index contributed by atoms with van der Waals surface area (Å²) in [6.45, 7) is 0.807. The Kier molecular flexibility index (Phi) is 2.82. The second-order valence-electron chi connectivity index (χ2n) is 4.00. The van der Waals surface area contributed by atoms with E-state index in [1.165, 1.54) is 0 Å². The minimum absolute atomic E-state index is 0.428. The molecule has 0 aliphatic carbocycles. The summed E-state index contributed by atoms with van der Waals surface area (Å²) in [7, 11) is 1.89. The van der Waals surface area contributed by atoms with Gasteiger partial charge in [-0.05, 0) is 19.2 Å². The fourth-order valence-corrected chi connectivity index (χ4v) is 1.77. The van der Waals surface area contributed by atoms with Crippen LogP contribution in [0.5, 0.6) is 0 Å². The maximum Gasteiger partial charge on any atom is 0.283 e. The highest BCUT2D eigenvalue weighted by Gasteiger charge is 2.12. The van der Waals surface area contributed by atoms with E-state index in [9.17, 15) is 0 Å². The molecule has 0 fully saturated rings. The first-order valence-electron chi connectivity index (χ1n) is 5.83. The first kappa shape index (κ1) is 11.0. The number of hydrogen-bond acceptors (Lipinski definition) is 5. The molecule has 0 atom stereocenters. The van der Waals surface area contributed by atoms with Gasteiger partial charge in [0.15, 0.2) is 5.76 Å². The molecule has 2 aromatic heterocycles. The lowest BCUT2D eigenvalue weighted by Gasteiger charge is -1.91. The highest BCUT2D eigenvalue weighted by Crippen LogP contribution is 2.26. The summed E-state index contributed by atoms with van der Waals surface area (Å²) in [5.74, 6) is 1.65. The molecule has 18 heavy (non-hydrogen) atoms. The molecule has 3 rings (SSSR count). The molecule has 1 aromatic carbocycles. The fourth-order valence-electron chi connectivity index (χ4n) is 1.77. The Morgan fingerprint density at radius 2 is 2.06 bits per heavy atom. The number of hydrogen-bond donors (Lipinski definition) is 1.